The fourth-order valence-electron chi connectivity index (χ4n) is 4.47. The summed E-state index contributed by atoms with van der Waals surface area (Å²) in [5, 5.41) is 36.6. The monoisotopic (exact) mass is 491 g/mol. The maximum Gasteiger partial charge on any atom is 0.314 e. The van der Waals surface area contributed by atoms with E-state index >= 15 is 0 Å². The fourth-order valence-corrected chi connectivity index (χ4v) is 4.47. The lowest BCUT2D eigenvalue weighted by Crippen LogP contribution is -2.43. The summed E-state index contributed by atoms with van der Waals surface area (Å²) in [4.78, 5) is 14.1. The molecule has 35 heavy (non-hydrogen) atoms. The number of nitrogens with one attached hydrogen (secondary N) is 2. The van der Waals surface area contributed by atoms with Crippen LogP contribution in [0.5, 0.6) is 0 Å². The Morgan fingerprint density at radius 2 is 1.77 bits per heavy atom. The fraction of sp³-hybridized carbons (Fsp3) is 0.500. The van der Waals surface area contributed by atoms with Crippen LogP contribution in [0, 0.1) is 17.6 Å². The Labute approximate surface area is 204 Å². The Balaban J connectivity index is 2.00. The molecular weight excluding hydrogens is 456 g/mol. The highest BCUT2D eigenvalue weighted by Gasteiger charge is 2.46. The first-order chi connectivity index (χ1) is 16.3. The number of anilines is 3. The molecule has 0 radical (unpaired) electrons. The van der Waals surface area contributed by atoms with E-state index in [9.17, 15) is 28.9 Å². The summed E-state index contributed by atoms with van der Waals surface area (Å²) in [6.07, 6.45) is 0.377. The van der Waals surface area contributed by atoms with Gasteiger partial charge in [0.15, 0.2) is 0 Å². The van der Waals surface area contributed by atoms with Crippen LogP contribution in [0.2, 0.25) is 0 Å². The Hall–Kier alpha value is -2.91. The highest BCUT2D eigenvalue weighted by Crippen LogP contribution is 2.46. The number of hydrogen-bond acceptors (Lipinski definition) is 6. The minimum atomic E-state index is -1.46. The Kier molecular flexibility index (Phi) is 7.91. The van der Waals surface area contributed by atoms with Gasteiger partial charge in [-0.3, -0.25) is 4.79 Å². The number of nitrogens with zero attached hydrogens (tertiary/aromatic N) is 1. The van der Waals surface area contributed by atoms with E-state index in [0.717, 1.165) is 12.5 Å². The predicted octanol–water partition coefficient (Wildman–Crippen LogP) is 4.50. The topological polar surface area (TPSA) is 105 Å². The highest BCUT2D eigenvalue weighted by molar-refractivity contribution is 5.84. The van der Waals surface area contributed by atoms with Crippen molar-refractivity contribution in [2.24, 2.45) is 5.92 Å². The second kappa shape index (κ2) is 10.4. The van der Waals surface area contributed by atoms with Crippen LogP contribution in [-0.2, 0) is 10.2 Å². The summed E-state index contributed by atoms with van der Waals surface area (Å²) in [6, 6.07) is 8.24. The molecule has 9 heteroatoms. The molecule has 7 nitrogen and oxygen atoms in total. The van der Waals surface area contributed by atoms with E-state index in [2.05, 4.69) is 10.6 Å². The summed E-state index contributed by atoms with van der Waals surface area (Å²) in [5.41, 5.74) is -0.409. The van der Waals surface area contributed by atoms with Gasteiger partial charge >= 0.3 is 5.97 Å². The molecule has 1 aliphatic rings. The van der Waals surface area contributed by atoms with Gasteiger partial charge < -0.3 is 30.9 Å². The Morgan fingerprint density at radius 1 is 1.11 bits per heavy atom. The lowest BCUT2D eigenvalue weighted by Gasteiger charge is -2.39. The molecule has 2 aromatic rings. The zero-order valence-corrected chi connectivity index (χ0v) is 20.6. The number of carbonyl (C=O) groups is 1. The van der Waals surface area contributed by atoms with Gasteiger partial charge in [0.2, 0.25) is 6.35 Å². The third-order valence-electron chi connectivity index (χ3n) is 6.19. The molecule has 1 fully saturated rings. The summed E-state index contributed by atoms with van der Waals surface area (Å²) < 4.78 is 27.4. The summed E-state index contributed by atoms with van der Waals surface area (Å²) in [6.45, 7) is 8.37. The zero-order chi connectivity index (χ0) is 26.0. The van der Waals surface area contributed by atoms with Crippen molar-refractivity contribution < 1.29 is 28.9 Å². The second-order valence-corrected chi connectivity index (χ2v) is 10.4. The van der Waals surface area contributed by atoms with Crippen molar-refractivity contribution in [3.63, 3.8) is 0 Å². The normalized spacial score (nSPS) is 15.9. The van der Waals surface area contributed by atoms with Gasteiger partial charge in [-0.2, -0.15) is 0 Å². The smallest absolute Gasteiger partial charge is 0.314 e. The number of carboxylic acid groups (broad SMARTS) is 1. The number of rotatable bonds is 11. The van der Waals surface area contributed by atoms with E-state index < -0.39 is 35.0 Å². The van der Waals surface area contributed by atoms with Gasteiger partial charge in [-0.1, -0.05) is 26.3 Å². The molecule has 1 unspecified atom stereocenters. The van der Waals surface area contributed by atoms with Crippen molar-refractivity contribution >= 4 is 23.0 Å². The molecule has 192 valence electrons. The third-order valence-corrected chi connectivity index (χ3v) is 6.19. The number of halogens is 2. The molecule has 0 spiro atoms. The number of aliphatic hydroxyl groups is 2. The van der Waals surface area contributed by atoms with Gasteiger partial charge in [0.25, 0.3) is 0 Å². The van der Waals surface area contributed by atoms with Gasteiger partial charge in [0.1, 0.15) is 11.6 Å². The van der Waals surface area contributed by atoms with Crippen LogP contribution in [-0.4, -0.2) is 46.3 Å². The van der Waals surface area contributed by atoms with Crippen molar-refractivity contribution in [1.82, 2.24) is 0 Å². The van der Waals surface area contributed by atoms with Crippen LogP contribution in [0.1, 0.15) is 52.5 Å². The lowest BCUT2D eigenvalue weighted by atomic mass is 9.64. The van der Waals surface area contributed by atoms with Crippen molar-refractivity contribution in [2.75, 3.05) is 28.6 Å². The molecule has 0 amide bonds. The average Bonchev–Trinajstić information content (AvgIpc) is 2.67. The first kappa shape index (κ1) is 26.7. The van der Waals surface area contributed by atoms with Crippen molar-refractivity contribution in [1.29, 1.82) is 0 Å². The van der Waals surface area contributed by atoms with Crippen LogP contribution in [0.25, 0.3) is 0 Å². The molecule has 1 atom stereocenters. The number of benzene rings is 2. The molecule has 5 N–H and O–H groups in total. The van der Waals surface area contributed by atoms with Crippen LogP contribution in [0.4, 0.5) is 25.8 Å². The number of aliphatic hydroxyl groups excluding tert-OH is 1. The van der Waals surface area contributed by atoms with E-state index in [1.807, 2.05) is 18.7 Å². The summed E-state index contributed by atoms with van der Waals surface area (Å²) in [7, 11) is 0. The van der Waals surface area contributed by atoms with Gasteiger partial charge in [-0.15, -0.1) is 0 Å². The quantitative estimate of drug-likeness (QED) is 0.295. The molecule has 2 aromatic carbocycles. The summed E-state index contributed by atoms with van der Waals surface area (Å²) in [5.74, 6) is -2.24. The van der Waals surface area contributed by atoms with Gasteiger partial charge in [0.05, 0.1) is 28.1 Å². The zero-order valence-electron chi connectivity index (χ0n) is 20.6. The molecule has 0 aliphatic heterocycles. The molecule has 0 heterocycles. The standard InChI is InChI=1S/C26H35F2N3O4/c1-16(2)14-31(15-25(3,4)35)22-9-6-17(26(23(32)33)10-5-11-26)12-21(22)30-24(34)29-20-8-7-18(27)13-19(20)28/h6-9,12-13,16,24,29-30,34-35H,5,10-11,14-15H2,1-4H3,(H,32,33). The minimum absolute atomic E-state index is 0.0966. The number of aliphatic carboxylic acids is 1. The molecule has 1 aliphatic carbocycles. The largest absolute Gasteiger partial charge is 0.481 e. The second-order valence-electron chi connectivity index (χ2n) is 10.4. The van der Waals surface area contributed by atoms with Crippen LogP contribution < -0.4 is 15.5 Å². The molecule has 1 saturated carbocycles. The number of carboxylic acids is 1. The highest BCUT2D eigenvalue weighted by atomic mass is 19.1. The van der Waals surface area contributed by atoms with E-state index in [-0.39, 0.29) is 11.6 Å². The first-order valence-corrected chi connectivity index (χ1v) is 11.8. The molecule has 0 bridgehead atoms. The van der Waals surface area contributed by atoms with Crippen molar-refractivity contribution in [3.05, 3.63) is 53.6 Å². The van der Waals surface area contributed by atoms with Gasteiger partial charge in [-0.05, 0) is 62.4 Å². The van der Waals surface area contributed by atoms with E-state index in [0.29, 0.717) is 48.9 Å². The average molecular weight is 492 g/mol. The van der Waals surface area contributed by atoms with Crippen molar-refractivity contribution in [2.45, 2.75) is 64.3 Å². The third kappa shape index (κ3) is 6.41. The minimum Gasteiger partial charge on any atom is -0.481 e. The molecule has 0 saturated heterocycles. The van der Waals surface area contributed by atoms with Crippen molar-refractivity contribution in [3.8, 4) is 0 Å². The van der Waals surface area contributed by atoms with E-state index in [1.165, 1.54) is 6.07 Å². The van der Waals surface area contributed by atoms with E-state index in [1.54, 1.807) is 32.0 Å². The van der Waals surface area contributed by atoms with Gasteiger partial charge in [-0.25, -0.2) is 8.78 Å². The lowest BCUT2D eigenvalue weighted by molar-refractivity contribution is -0.147. The van der Waals surface area contributed by atoms with Crippen LogP contribution in [0.15, 0.2) is 36.4 Å². The van der Waals surface area contributed by atoms with Crippen LogP contribution >= 0.6 is 0 Å². The first-order valence-electron chi connectivity index (χ1n) is 11.8. The maximum absolute atomic E-state index is 14.1. The predicted molar refractivity (Wildman–Crippen MR) is 133 cm³/mol. The number of hydrogen-bond donors (Lipinski definition) is 5. The summed E-state index contributed by atoms with van der Waals surface area (Å²) >= 11 is 0. The molecule has 3 rings (SSSR count). The molecular formula is C26H35F2N3O4. The van der Waals surface area contributed by atoms with Crippen LogP contribution in [0.3, 0.4) is 0 Å². The maximum atomic E-state index is 14.1. The Bertz CT molecular complexity index is 1050. The van der Waals surface area contributed by atoms with Gasteiger partial charge in [0, 0.05) is 19.2 Å². The molecule has 0 aromatic heterocycles. The van der Waals surface area contributed by atoms with E-state index in [4.69, 9.17) is 0 Å². The SMILES string of the molecule is CC(C)CN(CC(C)(C)O)c1ccc(C2(C(=O)O)CCC2)cc1NC(O)Nc1ccc(F)cc1F. The Morgan fingerprint density at radius 3 is 2.29 bits per heavy atom.